The lowest BCUT2D eigenvalue weighted by Crippen LogP contribution is -2.14. The molecule has 1 fully saturated rings. The molecule has 1 aromatic carbocycles. The van der Waals surface area contributed by atoms with E-state index in [2.05, 4.69) is 23.5 Å². The summed E-state index contributed by atoms with van der Waals surface area (Å²) in [5, 5.41) is 13.0. The lowest BCUT2D eigenvalue weighted by atomic mass is 10.1. The van der Waals surface area contributed by atoms with Crippen molar-refractivity contribution in [2.75, 3.05) is 5.32 Å². The molecule has 2 atom stereocenters. The van der Waals surface area contributed by atoms with Crippen LogP contribution in [0.3, 0.4) is 0 Å². The number of carbonyl (C=O) groups is 1. The average Bonchev–Trinajstić information content (AvgIpc) is 3.27. The number of nitriles is 1. The van der Waals surface area contributed by atoms with Crippen LogP contribution in [0.1, 0.15) is 40.8 Å². The van der Waals surface area contributed by atoms with Gasteiger partial charge in [0.15, 0.2) is 0 Å². The zero-order valence-corrected chi connectivity index (χ0v) is 13.5. The van der Waals surface area contributed by atoms with Crippen LogP contribution in [0.4, 0.5) is 5.00 Å². The predicted octanol–water partition coefficient (Wildman–Crippen LogP) is 4.23. The Hall–Kier alpha value is -2.12. The molecule has 3 rings (SSSR count). The number of benzene rings is 1. The smallest absolute Gasteiger partial charge is 0.228 e. The second kappa shape index (κ2) is 5.94. The van der Waals surface area contributed by atoms with Gasteiger partial charge < -0.3 is 5.32 Å². The molecular formula is C18H18N2OS. The molecule has 1 aromatic heterocycles. The molecule has 112 valence electrons. The molecule has 0 spiro atoms. The van der Waals surface area contributed by atoms with Crippen molar-refractivity contribution < 1.29 is 4.79 Å². The average molecular weight is 310 g/mol. The fraction of sp³-hybridized carbons (Fsp3) is 0.333. The number of nitrogens with zero attached hydrogens (tertiary/aromatic N) is 1. The van der Waals surface area contributed by atoms with Crippen LogP contribution in [0.15, 0.2) is 30.3 Å². The van der Waals surface area contributed by atoms with Crippen LogP contribution in [0.2, 0.25) is 0 Å². The van der Waals surface area contributed by atoms with E-state index in [1.54, 1.807) is 0 Å². The highest BCUT2D eigenvalue weighted by Crippen LogP contribution is 2.48. The van der Waals surface area contributed by atoms with Crippen molar-refractivity contribution in [3.63, 3.8) is 0 Å². The molecule has 1 aliphatic rings. The van der Waals surface area contributed by atoms with E-state index in [0.29, 0.717) is 16.5 Å². The minimum absolute atomic E-state index is 0.0291. The maximum absolute atomic E-state index is 12.4. The first-order chi connectivity index (χ1) is 10.7. The summed E-state index contributed by atoms with van der Waals surface area (Å²) >= 11 is 1.51. The van der Waals surface area contributed by atoms with E-state index in [0.717, 1.165) is 23.3 Å². The highest BCUT2D eigenvalue weighted by Gasteiger charge is 2.44. The van der Waals surface area contributed by atoms with Gasteiger partial charge in [0, 0.05) is 10.8 Å². The second-order valence-corrected chi connectivity index (χ2v) is 6.88. The largest absolute Gasteiger partial charge is 0.316 e. The first kappa shape index (κ1) is 14.8. The third-order valence-electron chi connectivity index (χ3n) is 4.27. The number of amides is 1. The number of thiophene rings is 1. The number of aryl methyl sites for hydroxylation is 1. The normalized spacial score (nSPS) is 19.5. The van der Waals surface area contributed by atoms with Gasteiger partial charge in [-0.25, -0.2) is 0 Å². The maximum Gasteiger partial charge on any atom is 0.228 e. The Labute approximate surface area is 134 Å². The Kier molecular flexibility index (Phi) is 4.00. The van der Waals surface area contributed by atoms with Gasteiger partial charge in [-0.15, -0.1) is 11.3 Å². The SMILES string of the molecule is CCc1c(C)sc(NC(=O)[C@@H]2C[C@@H]2c2ccccc2)c1C#N. The van der Waals surface area contributed by atoms with E-state index in [-0.39, 0.29) is 11.8 Å². The van der Waals surface area contributed by atoms with Gasteiger partial charge in [-0.05, 0) is 36.8 Å². The van der Waals surface area contributed by atoms with E-state index in [9.17, 15) is 10.1 Å². The fourth-order valence-electron chi connectivity index (χ4n) is 2.97. The Morgan fingerprint density at radius 3 is 2.77 bits per heavy atom. The number of carbonyl (C=O) groups excluding carboxylic acids is 1. The van der Waals surface area contributed by atoms with Crippen LogP contribution in [-0.2, 0) is 11.2 Å². The van der Waals surface area contributed by atoms with Crippen molar-refractivity contribution in [3.05, 3.63) is 51.9 Å². The molecule has 22 heavy (non-hydrogen) atoms. The van der Waals surface area contributed by atoms with Crippen LogP contribution < -0.4 is 5.32 Å². The second-order valence-electron chi connectivity index (χ2n) is 5.65. The van der Waals surface area contributed by atoms with Crippen molar-refractivity contribution in [3.8, 4) is 6.07 Å². The predicted molar refractivity (Wildman–Crippen MR) is 89.1 cm³/mol. The highest BCUT2D eigenvalue weighted by molar-refractivity contribution is 7.16. The summed E-state index contributed by atoms with van der Waals surface area (Å²) in [6, 6.07) is 12.4. The van der Waals surface area contributed by atoms with Crippen molar-refractivity contribution in [1.82, 2.24) is 0 Å². The van der Waals surface area contributed by atoms with Crippen molar-refractivity contribution in [2.24, 2.45) is 5.92 Å². The Bertz CT molecular complexity index is 742. The number of nitrogens with one attached hydrogen (secondary N) is 1. The van der Waals surface area contributed by atoms with Gasteiger partial charge >= 0.3 is 0 Å². The topological polar surface area (TPSA) is 52.9 Å². The zero-order chi connectivity index (χ0) is 15.7. The molecular weight excluding hydrogens is 292 g/mol. The van der Waals surface area contributed by atoms with E-state index in [4.69, 9.17) is 0 Å². The third kappa shape index (κ3) is 2.65. The summed E-state index contributed by atoms with van der Waals surface area (Å²) in [6.07, 6.45) is 1.71. The molecule has 0 unspecified atom stereocenters. The summed E-state index contributed by atoms with van der Waals surface area (Å²) in [5.41, 5.74) is 2.91. The molecule has 1 aliphatic carbocycles. The highest BCUT2D eigenvalue weighted by atomic mass is 32.1. The summed E-state index contributed by atoms with van der Waals surface area (Å²) in [7, 11) is 0. The molecule has 3 nitrogen and oxygen atoms in total. The molecule has 0 aliphatic heterocycles. The van der Waals surface area contributed by atoms with Gasteiger partial charge in [-0.2, -0.15) is 5.26 Å². The van der Waals surface area contributed by atoms with Crippen molar-refractivity contribution >= 4 is 22.2 Å². The molecule has 1 N–H and O–H groups in total. The van der Waals surface area contributed by atoms with Crippen molar-refractivity contribution in [1.29, 1.82) is 5.26 Å². The number of anilines is 1. The Morgan fingerprint density at radius 2 is 2.14 bits per heavy atom. The van der Waals surface area contributed by atoms with Crippen molar-refractivity contribution in [2.45, 2.75) is 32.6 Å². The van der Waals surface area contributed by atoms with Crippen LogP contribution >= 0.6 is 11.3 Å². The summed E-state index contributed by atoms with van der Waals surface area (Å²) < 4.78 is 0. The molecule has 0 saturated heterocycles. The number of rotatable bonds is 4. The number of hydrogen-bond donors (Lipinski definition) is 1. The lowest BCUT2D eigenvalue weighted by molar-refractivity contribution is -0.117. The molecule has 0 bridgehead atoms. The third-order valence-corrected chi connectivity index (χ3v) is 5.33. The van der Waals surface area contributed by atoms with Gasteiger partial charge in [-0.3, -0.25) is 4.79 Å². The van der Waals surface area contributed by atoms with E-state index in [1.807, 2.05) is 32.0 Å². The Morgan fingerprint density at radius 1 is 1.41 bits per heavy atom. The molecule has 4 heteroatoms. The molecule has 1 saturated carbocycles. The minimum atomic E-state index is 0.0291. The molecule has 2 aromatic rings. The molecule has 1 amide bonds. The standard InChI is InChI=1S/C18H18N2OS/c1-3-13-11(2)22-18(16(13)10-19)20-17(21)15-9-14(15)12-7-5-4-6-8-12/h4-8,14-15H,3,9H2,1-2H3,(H,20,21)/t14-,15-/m1/s1. The first-order valence-corrected chi connectivity index (χ1v) is 8.35. The van der Waals surface area contributed by atoms with Gasteiger partial charge in [0.25, 0.3) is 0 Å². The van der Waals surface area contributed by atoms with Crippen LogP contribution in [0.5, 0.6) is 0 Å². The summed E-state index contributed by atoms with van der Waals surface area (Å²) in [5.74, 6) is 0.383. The summed E-state index contributed by atoms with van der Waals surface area (Å²) in [4.78, 5) is 13.5. The fourth-order valence-corrected chi connectivity index (χ4v) is 4.07. The first-order valence-electron chi connectivity index (χ1n) is 7.53. The Balaban J connectivity index is 1.73. The number of hydrogen-bond acceptors (Lipinski definition) is 3. The van der Waals surface area contributed by atoms with E-state index in [1.165, 1.54) is 16.9 Å². The van der Waals surface area contributed by atoms with Crippen LogP contribution in [-0.4, -0.2) is 5.91 Å². The minimum Gasteiger partial charge on any atom is -0.316 e. The molecule has 1 heterocycles. The van der Waals surface area contributed by atoms with Gasteiger partial charge in [0.05, 0.1) is 5.56 Å². The van der Waals surface area contributed by atoms with E-state index >= 15 is 0 Å². The van der Waals surface area contributed by atoms with Gasteiger partial charge in [0.2, 0.25) is 5.91 Å². The quantitative estimate of drug-likeness (QED) is 0.918. The van der Waals surface area contributed by atoms with Crippen LogP contribution in [0.25, 0.3) is 0 Å². The van der Waals surface area contributed by atoms with Gasteiger partial charge in [0.1, 0.15) is 11.1 Å². The zero-order valence-electron chi connectivity index (χ0n) is 12.7. The van der Waals surface area contributed by atoms with Crippen LogP contribution in [0, 0.1) is 24.2 Å². The molecule has 0 radical (unpaired) electrons. The van der Waals surface area contributed by atoms with E-state index < -0.39 is 0 Å². The summed E-state index contributed by atoms with van der Waals surface area (Å²) in [6.45, 7) is 4.04. The lowest BCUT2D eigenvalue weighted by Gasteiger charge is -2.03. The van der Waals surface area contributed by atoms with Gasteiger partial charge in [-0.1, -0.05) is 37.3 Å². The maximum atomic E-state index is 12.4. The monoisotopic (exact) mass is 310 g/mol.